The smallest absolute Gasteiger partial charge is 0.252 e. The molecule has 0 atom stereocenters. The highest BCUT2D eigenvalue weighted by molar-refractivity contribution is 9.10. The van der Waals surface area contributed by atoms with Gasteiger partial charge in [-0.1, -0.05) is 12.1 Å². The number of hydrogen-bond acceptors (Lipinski definition) is 1. The molecule has 2 aliphatic rings. The van der Waals surface area contributed by atoms with Crippen LogP contribution in [0.15, 0.2) is 28.7 Å². The molecule has 0 bridgehead atoms. The molecule has 17 heavy (non-hydrogen) atoms. The van der Waals surface area contributed by atoms with Crippen LogP contribution in [0.3, 0.4) is 0 Å². The Morgan fingerprint density at radius 3 is 2.65 bits per heavy atom. The molecule has 2 fully saturated rings. The van der Waals surface area contributed by atoms with Crippen molar-refractivity contribution in [2.24, 2.45) is 11.3 Å². The minimum absolute atomic E-state index is 0.0457. The fourth-order valence-electron chi connectivity index (χ4n) is 2.58. The van der Waals surface area contributed by atoms with Crippen molar-refractivity contribution in [2.45, 2.75) is 25.7 Å². The third-order valence-electron chi connectivity index (χ3n) is 4.06. The fraction of sp³-hybridized carbons (Fsp3) is 0.500. The number of benzene rings is 1. The normalized spacial score (nSPS) is 21.0. The van der Waals surface area contributed by atoms with Crippen LogP contribution in [0.4, 0.5) is 0 Å². The molecular weight excluding hydrogens is 278 g/mol. The number of carbonyl (C=O) groups is 1. The minimum Gasteiger partial charge on any atom is -0.351 e. The summed E-state index contributed by atoms with van der Waals surface area (Å²) >= 11 is 3.41. The van der Waals surface area contributed by atoms with E-state index in [2.05, 4.69) is 21.2 Å². The summed E-state index contributed by atoms with van der Waals surface area (Å²) in [5.41, 5.74) is 1.20. The Hall–Kier alpha value is -0.830. The Bertz CT molecular complexity index is 449. The lowest BCUT2D eigenvalue weighted by molar-refractivity contribution is 0.0942. The highest BCUT2D eigenvalue weighted by Crippen LogP contribution is 2.60. The summed E-state index contributed by atoms with van der Waals surface area (Å²) in [6, 6.07) is 7.58. The van der Waals surface area contributed by atoms with Gasteiger partial charge in [-0.3, -0.25) is 4.79 Å². The molecule has 0 aromatic heterocycles. The van der Waals surface area contributed by atoms with E-state index in [1.165, 1.54) is 25.7 Å². The van der Waals surface area contributed by atoms with Crippen molar-refractivity contribution in [3.63, 3.8) is 0 Å². The van der Waals surface area contributed by atoms with Gasteiger partial charge in [-0.25, -0.2) is 0 Å². The van der Waals surface area contributed by atoms with Gasteiger partial charge in [-0.2, -0.15) is 0 Å². The van der Waals surface area contributed by atoms with Crippen LogP contribution >= 0.6 is 15.9 Å². The van der Waals surface area contributed by atoms with Crippen molar-refractivity contribution in [3.8, 4) is 0 Å². The fourth-order valence-corrected chi connectivity index (χ4v) is 3.05. The van der Waals surface area contributed by atoms with Gasteiger partial charge in [0.1, 0.15) is 0 Å². The van der Waals surface area contributed by atoms with E-state index in [1.807, 2.05) is 24.3 Å². The van der Waals surface area contributed by atoms with Gasteiger partial charge in [-0.15, -0.1) is 0 Å². The van der Waals surface area contributed by atoms with Crippen LogP contribution in [0.5, 0.6) is 0 Å². The highest BCUT2D eigenvalue weighted by atomic mass is 79.9. The van der Waals surface area contributed by atoms with Crippen LogP contribution in [0.1, 0.15) is 36.0 Å². The SMILES string of the molecule is O=C(NCC1(C2CC2)CC1)c1ccccc1Br. The molecule has 2 nitrogen and oxygen atoms in total. The Labute approximate surface area is 110 Å². The topological polar surface area (TPSA) is 29.1 Å². The second kappa shape index (κ2) is 4.13. The van der Waals surface area contributed by atoms with Crippen LogP contribution in [0.2, 0.25) is 0 Å². The third kappa shape index (κ3) is 2.25. The summed E-state index contributed by atoms with van der Waals surface area (Å²) in [5.74, 6) is 0.936. The lowest BCUT2D eigenvalue weighted by Gasteiger charge is -2.15. The van der Waals surface area contributed by atoms with Crippen molar-refractivity contribution < 1.29 is 4.79 Å². The first-order valence-corrected chi connectivity index (χ1v) is 7.03. The van der Waals surface area contributed by atoms with E-state index in [4.69, 9.17) is 0 Å². The summed E-state index contributed by atoms with van der Waals surface area (Å²) in [6.45, 7) is 0.859. The van der Waals surface area contributed by atoms with Gasteiger partial charge in [0.2, 0.25) is 0 Å². The van der Waals surface area contributed by atoms with Crippen LogP contribution in [-0.2, 0) is 0 Å². The van der Waals surface area contributed by atoms with Gasteiger partial charge in [0.15, 0.2) is 0 Å². The molecule has 2 saturated carbocycles. The first-order chi connectivity index (χ1) is 8.21. The number of amides is 1. The number of carbonyl (C=O) groups excluding carboxylic acids is 1. The second-order valence-corrected chi connectivity index (χ2v) is 6.15. The zero-order valence-corrected chi connectivity index (χ0v) is 11.3. The van der Waals surface area contributed by atoms with E-state index in [-0.39, 0.29) is 5.91 Å². The van der Waals surface area contributed by atoms with Crippen molar-refractivity contribution in [3.05, 3.63) is 34.3 Å². The van der Waals surface area contributed by atoms with Crippen LogP contribution in [0, 0.1) is 11.3 Å². The molecule has 0 radical (unpaired) electrons. The zero-order valence-electron chi connectivity index (χ0n) is 9.71. The van der Waals surface area contributed by atoms with Gasteiger partial charge >= 0.3 is 0 Å². The number of nitrogens with one attached hydrogen (secondary N) is 1. The Morgan fingerprint density at radius 2 is 2.06 bits per heavy atom. The van der Waals surface area contributed by atoms with E-state index < -0.39 is 0 Å². The molecule has 1 aromatic carbocycles. The molecule has 0 spiro atoms. The summed E-state index contributed by atoms with van der Waals surface area (Å²) in [7, 11) is 0. The molecule has 90 valence electrons. The Morgan fingerprint density at radius 1 is 1.35 bits per heavy atom. The van der Waals surface area contributed by atoms with Gasteiger partial charge < -0.3 is 5.32 Å². The Kier molecular flexibility index (Phi) is 2.74. The van der Waals surface area contributed by atoms with Crippen molar-refractivity contribution in [1.82, 2.24) is 5.32 Å². The zero-order chi connectivity index (χ0) is 11.9. The van der Waals surface area contributed by atoms with Crippen LogP contribution < -0.4 is 5.32 Å². The first kappa shape index (κ1) is 11.3. The monoisotopic (exact) mass is 293 g/mol. The van der Waals surface area contributed by atoms with Crippen molar-refractivity contribution in [2.75, 3.05) is 6.54 Å². The molecule has 3 rings (SSSR count). The summed E-state index contributed by atoms with van der Waals surface area (Å²) in [4.78, 5) is 12.0. The average molecular weight is 294 g/mol. The summed E-state index contributed by atoms with van der Waals surface area (Å²) in [5, 5.41) is 3.09. The average Bonchev–Trinajstić information content (AvgIpc) is 3.17. The maximum absolute atomic E-state index is 12.0. The van der Waals surface area contributed by atoms with Gasteiger partial charge in [-0.05, 0) is 65.1 Å². The molecule has 1 amide bonds. The quantitative estimate of drug-likeness (QED) is 0.906. The highest BCUT2D eigenvalue weighted by Gasteiger charge is 2.53. The van der Waals surface area contributed by atoms with E-state index in [1.54, 1.807) is 0 Å². The van der Waals surface area contributed by atoms with E-state index in [0.717, 1.165) is 22.5 Å². The van der Waals surface area contributed by atoms with Crippen LogP contribution in [0.25, 0.3) is 0 Å². The molecule has 3 heteroatoms. The van der Waals surface area contributed by atoms with Crippen molar-refractivity contribution in [1.29, 1.82) is 0 Å². The first-order valence-electron chi connectivity index (χ1n) is 6.24. The second-order valence-electron chi connectivity index (χ2n) is 5.30. The van der Waals surface area contributed by atoms with Gasteiger partial charge in [0, 0.05) is 11.0 Å². The maximum Gasteiger partial charge on any atom is 0.252 e. The number of hydrogen-bond donors (Lipinski definition) is 1. The Balaban J connectivity index is 1.62. The standard InChI is InChI=1S/C14H16BrNO/c15-12-4-2-1-3-11(12)13(17)16-9-14(7-8-14)10-5-6-10/h1-4,10H,5-9H2,(H,16,17). The lowest BCUT2D eigenvalue weighted by Crippen LogP contribution is -2.31. The molecule has 0 unspecified atom stereocenters. The van der Waals surface area contributed by atoms with Crippen LogP contribution in [-0.4, -0.2) is 12.5 Å². The molecule has 1 aromatic rings. The summed E-state index contributed by atoms with van der Waals surface area (Å²) in [6.07, 6.45) is 5.33. The molecular formula is C14H16BrNO. The predicted octanol–water partition coefficient (Wildman–Crippen LogP) is 3.37. The van der Waals surface area contributed by atoms with Crippen molar-refractivity contribution >= 4 is 21.8 Å². The molecule has 1 N–H and O–H groups in total. The largest absolute Gasteiger partial charge is 0.351 e. The van der Waals surface area contributed by atoms with E-state index in [9.17, 15) is 4.79 Å². The predicted molar refractivity (Wildman–Crippen MR) is 70.9 cm³/mol. The van der Waals surface area contributed by atoms with E-state index >= 15 is 0 Å². The summed E-state index contributed by atoms with van der Waals surface area (Å²) < 4.78 is 0.869. The number of halogens is 1. The van der Waals surface area contributed by atoms with E-state index in [0.29, 0.717) is 5.41 Å². The maximum atomic E-state index is 12.0. The minimum atomic E-state index is 0.0457. The van der Waals surface area contributed by atoms with Gasteiger partial charge in [0.25, 0.3) is 5.91 Å². The molecule has 0 heterocycles. The molecule has 0 saturated heterocycles. The lowest BCUT2D eigenvalue weighted by atomic mass is 10.0. The number of rotatable bonds is 4. The van der Waals surface area contributed by atoms with Gasteiger partial charge in [0.05, 0.1) is 5.56 Å². The third-order valence-corrected chi connectivity index (χ3v) is 4.75. The molecule has 2 aliphatic carbocycles. The molecule has 0 aliphatic heterocycles.